The lowest BCUT2D eigenvalue weighted by molar-refractivity contribution is 0.559. The van der Waals surface area contributed by atoms with Crippen molar-refractivity contribution in [2.24, 2.45) is 0 Å². The summed E-state index contributed by atoms with van der Waals surface area (Å²) in [5.41, 5.74) is 8.14. The molecule has 0 fully saturated rings. The van der Waals surface area contributed by atoms with Gasteiger partial charge in [-0.25, -0.2) is 9.37 Å². The van der Waals surface area contributed by atoms with Crippen LogP contribution in [-0.4, -0.2) is 11.5 Å². The Hall–Kier alpha value is -1.65. The molecular weight excluding hydrogens is 277 g/mol. The van der Waals surface area contributed by atoms with Crippen molar-refractivity contribution in [1.29, 1.82) is 0 Å². The predicted octanol–water partition coefficient (Wildman–Crippen LogP) is 3.46. The molecule has 0 radical (unpaired) electrons. The summed E-state index contributed by atoms with van der Waals surface area (Å²) >= 11 is 5.87. The molecule has 1 aromatic heterocycles. The first kappa shape index (κ1) is 14.8. The Kier molecular flexibility index (Phi) is 4.57. The minimum absolute atomic E-state index is 0.101. The van der Waals surface area contributed by atoms with Crippen molar-refractivity contribution in [2.75, 3.05) is 12.3 Å². The normalized spacial score (nSPS) is 12.4. The molecule has 0 amide bonds. The Morgan fingerprint density at radius 3 is 2.85 bits per heavy atom. The smallest absolute Gasteiger partial charge is 0.146 e. The second-order valence-corrected chi connectivity index (χ2v) is 5.03. The topological polar surface area (TPSA) is 50.9 Å². The van der Waals surface area contributed by atoms with E-state index in [1.807, 2.05) is 19.9 Å². The van der Waals surface area contributed by atoms with E-state index in [9.17, 15) is 4.39 Å². The lowest BCUT2D eigenvalue weighted by atomic mass is 9.97. The third-order valence-electron chi connectivity index (χ3n) is 3.10. The van der Waals surface area contributed by atoms with E-state index in [2.05, 4.69) is 10.3 Å². The van der Waals surface area contributed by atoms with Crippen molar-refractivity contribution in [3.05, 3.63) is 58.0 Å². The van der Waals surface area contributed by atoms with Gasteiger partial charge in [0.2, 0.25) is 0 Å². The zero-order chi connectivity index (χ0) is 14.7. The summed E-state index contributed by atoms with van der Waals surface area (Å²) in [6.45, 7) is 4.55. The van der Waals surface area contributed by atoms with Crippen molar-refractivity contribution in [3.8, 4) is 0 Å². The molecule has 5 heteroatoms. The van der Waals surface area contributed by atoms with Gasteiger partial charge in [-0.05, 0) is 31.2 Å². The van der Waals surface area contributed by atoms with Gasteiger partial charge in [0, 0.05) is 17.3 Å². The molecule has 3 nitrogen and oxygen atoms in total. The average molecular weight is 294 g/mol. The third kappa shape index (κ3) is 2.92. The van der Waals surface area contributed by atoms with E-state index < -0.39 is 5.82 Å². The predicted molar refractivity (Wildman–Crippen MR) is 80.3 cm³/mol. The quantitative estimate of drug-likeness (QED) is 0.907. The average Bonchev–Trinajstić information content (AvgIpc) is 2.43. The summed E-state index contributed by atoms with van der Waals surface area (Å²) < 4.78 is 14.3. The first-order valence-corrected chi connectivity index (χ1v) is 6.81. The van der Waals surface area contributed by atoms with Crippen LogP contribution in [0, 0.1) is 12.7 Å². The summed E-state index contributed by atoms with van der Waals surface area (Å²) in [6, 6.07) is 6.50. The number of nitrogens with one attached hydrogen (secondary N) is 1. The molecule has 0 aliphatic rings. The molecule has 0 bridgehead atoms. The van der Waals surface area contributed by atoms with E-state index in [1.165, 1.54) is 6.07 Å². The maximum Gasteiger partial charge on any atom is 0.146 e. The number of hydrogen-bond donors (Lipinski definition) is 2. The lowest BCUT2D eigenvalue weighted by Gasteiger charge is -2.21. The molecule has 3 N–H and O–H groups in total. The second-order valence-electron chi connectivity index (χ2n) is 4.62. The highest BCUT2D eigenvalue weighted by Gasteiger charge is 2.21. The molecule has 0 saturated carbocycles. The zero-order valence-electron chi connectivity index (χ0n) is 11.5. The molecule has 1 atom stereocenters. The van der Waals surface area contributed by atoms with Crippen LogP contribution in [0.3, 0.4) is 0 Å². The summed E-state index contributed by atoms with van der Waals surface area (Å²) in [6.07, 6.45) is 1.69. The standard InChI is InChI=1S/C15H17ClFN3/c1-3-19-14(10-5-4-6-12(16)13(10)17)11-7-9(2)8-20-15(11)18/h4-8,14,19H,3H2,1-2H3,(H2,18,20). The monoisotopic (exact) mass is 293 g/mol. The molecule has 0 saturated heterocycles. The van der Waals surface area contributed by atoms with Gasteiger partial charge in [-0.3, -0.25) is 0 Å². The molecule has 20 heavy (non-hydrogen) atoms. The van der Waals surface area contributed by atoms with Crippen LogP contribution >= 0.6 is 11.6 Å². The van der Waals surface area contributed by atoms with Crippen LogP contribution < -0.4 is 11.1 Å². The van der Waals surface area contributed by atoms with Gasteiger partial charge in [0.1, 0.15) is 11.6 Å². The molecular formula is C15H17ClFN3. The molecule has 1 unspecified atom stereocenters. The van der Waals surface area contributed by atoms with Crippen molar-refractivity contribution in [3.63, 3.8) is 0 Å². The minimum atomic E-state index is -0.430. The number of benzene rings is 1. The maximum absolute atomic E-state index is 14.3. The summed E-state index contributed by atoms with van der Waals surface area (Å²) in [7, 11) is 0. The Balaban J connectivity index is 2.56. The van der Waals surface area contributed by atoms with Crippen molar-refractivity contribution < 1.29 is 4.39 Å². The summed E-state index contributed by atoms with van der Waals surface area (Å²) in [5, 5.41) is 3.33. The number of nitrogen functional groups attached to an aromatic ring is 1. The van der Waals surface area contributed by atoms with E-state index in [4.69, 9.17) is 17.3 Å². The molecule has 0 aliphatic heterocycles. The molecule has 1 aromatic carbocycles. The third-order valence-corrected chi connectivity index (χ3v) is 3.39. The zero-order valence-corrected chi connectivity index (χ0v) is 12.2. The number of hydrogen-bond acceptors (Lipinski definition) is 3. The van der Waals surface area contributed by atoms with Gasteiger partial charge in [-0.1, -0.05) is 30.7 Å². The van der Waals surface area contributed by atoms with Crippen LogP contribution in [0.4, 0.5) is 10.2 Å². The number of nitrogens with two attached hydrogens (primary N) is 1. The van der Waals surface area contributed by atoms with Gasteiger partial charge in [0.05, 0.1) is 11.1 Å². The Labute approximate surface area is 123 Å². The van der Waals surface area contributed by atoms with Gasteiger partial charge in [0.25, 0.3) is 0 Å². The lowest BCUT2D eigenvalue weighted by Crippen LogP contribution is -2.24. The maximum atomic E-state index is 14.3. The highest BCUT2D eigenvalue weighted by atomic mass is 35.5. The molecule has 106 valence electrons. The number of anilines is 1. The number of pyridine rings is 1. The van der Waals surface area contributed by atoms with E-state index in [0.29, 0.717) is 17.9 Å². The van der Waals surface area contributed by atoms with Crippen LogP contribution in [0.25, 0.3) is 0 Å². The molecule has 1 heterocycles. The molecule has 0 aliphatic carbocycles. The van der Waals surface area contributed by atoms with E-state index in [0.717, 1.165) is 11.1 Å². The first-order valence-electron chi connectivity index (χ1n) is 6.44. The van der Waals surface area contributed by atoms with Gasteiger partial charge >= 0.3 is 0 Å². The first-order chi connectivity index (χ1) is 9.54. The van der Waals surface area contributed by atoms with Crippen LogP contribution in [0.15, 0.2) is 30.5 Å². The van der Waals surface area contributed by atoms with Crippen LogP contribution in [-0.2, 0) is 0 Å². The second kappa shape index (κ2) is 6.20. The summed E-state index contributed by atoms with van der Waals surface area (Å²) in [4.78, 5) is 4.14. The van der Waals surface area contributed by atoms with Crippen molar-refractivity contribution >= 4 is 17.4 Å². The Morgan fingerprint density at radius 1 is 1.40 bits per heavy atom. The van der Waals surface area contributed by atoms with Gasteiger partial charge < -0.3 is 11.1 Å². The molecule has 0 spiro atoms. The SMILES string of the molecule is CCNC(c1cc(C)cnc1N)c1cccc(Cl)c1F. The van der Waals surface area contributed by atoms with Crippen molar-refractivity contribution in [2.45, 2.75) is 19.9 Å². The fraction of sp³-hybridized carbons (Fsp3) is 0.267. The Morgan fingerprint density at radius 2 is 2.15 bits per heavy atom. The van der Waals surface area contributed by atoms with Gasteiger partial charge in [-0.2, -0.15) is 0 Å². The number of rotatable bonds is 4. The van der Waals surface area contributed by atoms with Crippen LogP contribution in [0.5, 0.6) is 0 Å². The van der Waals surface area contributed by atoms with E-state index in [-0.39, 0.29) is 11.1 Å². The number of halogens is 2. The largest absolute Gasteiger partial charge is 0.383 e. The van der Waals surface area contributed by atoms with Gasteiger partial charge in [0.15, 0.2) is 0 Å². The molecule has 2 aromatic rings. The summed E-state index contributed by atoms with van der Waals surface area (Å²) in [5.74, 6) is -0.0399. The number of nitrogens with zero attached hydrogens (tertiary/aromatic N) is 1. The van der Waals surface area contributed by atoms with E-state index in [1.54, 1.807) is 18.3 Å². The number of aromatic nitrogens is 1. The fourth-order valence-electron chi connectivity index (χ4n) is 2.17. The van der Waals surface area contributed by atoms with Crippen molar-refractivity contribution in [1.82, 2.24) is 10.3 Å². The molecule has 2 rings (SSSR count). The van der Waals surface area contributed by atoms with Crippen LogP contribution in [0.1, 0.15) is 29.7 Å². The minimum Gasteiger partial charge on any atom is -0.383 e. The van der Waals surface area contributed by atoms with Crippen LogP contribution in [0.2, 0.25) is 5.02 Å². The number of aryl methyl sites for hydroxylation is 1. The Bertz CT molecular complexity index is 614. The fourth-order valence-corrected chi connectivity index (χ4v) is 2.35. The van der Waals surface area contributed by atoms with E-state index >= 15 is 0 Å². The van der Waals surface area contributed by atoms with Gasteiger partial charge in [-0.15, -0.1) is 0 Å². The highest BCUT2D eigenvalue weighted by Crippen LogP contribution is 2.30. The highest BCUT2D eigenvalue weighted by molar-refractivity contribution is 6.30.